The Morgan fingerprint density at radius 3 is 2.22 bits per heavy atom. The van der Waals surface area contributed by atoms with Crippen molar-refractivity contribution in [3.63, 3.8) is 0 Å². The molecule has 0 unspecified atom stereocenters. The summed E-state index contributed by atoms with van der Waals surface area (Å²) in [6.45, 7) is 17.0. The van der Waals surface area contributed by atoms with Gasteiger partial charge in [0.05, 0.1) is 11.5 Å². The minimum absolute atomic E-state index is 0. The third kappa shape index (κ3) is 6.61. The van der Waals surface area contributed by atoms with E-state index >= 15 is 0 Å². The molecule has 0 saturated heterocycles. The average Bonchev–Trinajstić information content (AvgIpc) is 3.73. The predicted octanol–water partition coefficient (Wildman–Crippen LogP) is 12.5. The summed E-state index contributed by atoms with van der Waals surface area (Å²) in [4.78, 5) is 16.7. The first-order chi connectivity index (χ1) is 23.5. The summed E-state index contributed by atoms with van der Waals surface area (Å²) in [7, 11) is 0. The topological polar surface area (TPSA) is 76.5 Å². The van der Waals surface area contributed by atoms with Crippen molar-refractivity contribution in [1.82, 2.24) is 4.98 Å². The standard InChI is InChI=1S/C31H24NO2.C13H24O2.Ir/c1-17(2)18-12-15-26-22(16-18)19-13-14-24(32-30(19)34-26)20-9-7-10-23-27(20)29-28(31(23,3)4)21-8-5-6-11-25(21)33-29;1-5-10(6-2)12(14)9-13(15)11(7-3)8-4;/h5-8,10-17H,1-4H3;9-11,14H,5-8H2,1-4H3;/q-1;;/b;12-9-;. The van der Waals surface area contributed by atoms with Gasteiger partial charge in [-0.15, -0.1) is 29.3 Å². The zero-order valence-electron chi connectivity index (χ0n) is 30.4. The third-order valence-electron chi connectivity index (χ3n) is 10.5. The van der Waals surface area contributed by atoms with Crippen LogP contribution in [0.5, 0.6) is 0 Å². The van der Waals surface area contributed by atoms with Crippen LogP contribution in [-0.2, 0) is 30.3 Å². The van der Waals surface area contributed by atoms with Crippen molar-refractivity contribution in [2.75, 3.05) is 0 Å². The fourth-order valence-corrected chi connectivity index (χ4v) is 7.39. The van der Waals surface area contributed by atoms with Crippen LogP contribution in [0, 0.1) is 17.9 Å². The van der Waals surface area contributed by atoms with E-state index in [2.05, 4.69) is 82.3 Å². The van der Waals surface area contributed by atoms with E-state index in [1.165, 1.54) is 28.2 Å². The number of nitrogens with zero attached hydrogens (tertiary/aromatic N) is 1. The molecule has 5 nitrogen and oxygen atoms in total. The molecule has 0 spiro atoms. The number of aliphatic hydroxyl groups excluding tert-OH is 1. The smallest absolute Gasteiger partial charge is 0.218 e. The Labute approximate surface area is 309 Å². The molecule has 50 heavy (non-hydrogen) atoms. The van der Waals surface area contributed by atoms with E-state index in [9.17, 15) is 9.90 Å². The van der Waals surface area contributed by atoms with Crippen LogP contribution in [0.2, 0.25) is 0 Å². The van der Waals surface area contributed by atoms with Gasteiger partial charge in [-0.25, -0.2) is 0 Å². The number of aliphatic hydroxyl groups is 1. The molecule has 263 valence electrons. The fraction of sp³-hybridized carbons (Fsp3) is 0.364. The molecule has 0 bridgehead atoms. The van der Waals surface area contributed by atoms with Gasteiger partial charge in [-0.3, -0.25) is 9.78 Å². The largest absolute Gasteiger partial charge is 0.512 e. The van der Waals surface area contributed by atoms with Crippen LogP contribution in [0.15, 0.2) is 87.4 Å². The molecular weight excluding hydrogens is 799 g/mol. The number of carbonyl (C=O) groups is 1. The van der Waals surface area contributed by atoms with Crippen molar-refractivity contribution < 1.29 is 38.8 Å². The summed E-state index contributed by atoms with van der Waals surface area (Å²) in [6, 6.07) is 26.6. The first-order valence-electron chi connectivity index (χ1n) is 17.9. The maximum absolute atomic E-state index is 11.7. The van der Waals surface area contributed by atoms with Crippen molar-refractivity contribution in [2.45, 2.75) is 92.4 Å². The quantitative estimate of drug-likeness (QED) is 0.0891. The van der Waals surface area contributed by atoms with E-state index in [1.54, 1.807) is 0 Å². The number of para-hydroxylation sites is 1. The number of rotatable bonds is 9. The summed E-state index contributed by atoms with van der Waals surface area (Å²) in [5.41, 5.74) is 8.94. The molecule has 0 atom stereocenters. The van der Waals surface area contributed by atoms with Gasteiger partial charge >= 0.3 is 0 Å². The van der Waals surface area contributed by atoms with Crippen molar-refractivity contribution in [3.8, 4) is 22.6 Å². The Balaban J connectivity index is 0.000000261. The average molecular weight is 847 g/mol. The maximum atomic E-state index is 11.7. The second kappa shape index (κ2) is 15.1. The molecule has 0 amide bonds. The Hall–Kier alpha value is -3.99. The first-order valence-corrected chi connectivity index (χ1v) is 17.9. The zero-order chi connectivity index (χ0) is 35.0. The number of fused-ring (bicyclic) bond motifs is 8. The minimum Gasteiger partial charge on any atom is -0.512 e. The van der Waals surface area contributed by atoms with E-state index < -0.39 is 0 Å². The van der Waals surface area contributed by atoms with E-state index in [-0.39, 0.29) is 48.9 Å². The molecule has 3 aromatic heterocycles. The summed E-state index contributed by atoms with van der Waals surface area (Å²) in [5, 5.41) is 13.1. The van der Waals surface area contributed by atoms with Crippen molar-refractivity contribution in [2.24, 2.45) is 11.8 Å². The summed E-state index contributed by atoms with van der Waals surface area (Å²) < 4.78 is 12.6. The van der Waals surface area contributed by atoms with Gasteiger partial charge in [0, 0.05) is 65.2 Å². The van der Waals surface area contributed by atoms with Crippen LogP contribution in [0.3, 0.4) is 0 Å². The van der Waals surface area contributed by atoms with Gasteiger partial charge in [0.15, 0.2) is 5.78 Å². The van der Waals surface area contributed by atoms with Crippen molar-refractivity contribution in [3.05, 3.63) is 101 Å². The minimum atomic E-state index is -0.169. The monoisotopic (exact) mass is 847 g/mol. The molecule has 0 aliphatic heterocycles. The maximum Gasteiger partial charge on any atom is 0.218 e. The van der Waals surface area contributed by atoms with Crippen LogP contribution in [0.4, 0.5) is 0 Å². The molecule has 6 heteroatoms. The van der Waals surface area contributed by atoms with Crippen LogP contribution in [0.1, 0.15) is 104 Å². The van der Waals surface area contributed by atoms with E-state index in [4.69, 9.17) is 13.8 Å². The molecule has 1 N–H and O–H groups in total. The molecule has 7 rings (SSSR count). The Bertz CT molecular complexity index is 2180. The second-order valence-electron chi connectivity index (χ2n) is 14.1. The fourth-order valence-electron chi connectivity index (χ4n) is 7.39. The SMILES string of the molecule is CC(C)c1ccc2oc3nc(-c4[c-]ccc5c4-c4oc6ccccc6c4C5(C)C)ccc3c2c1.CCC(CC)C(=O)/C=C(\O)C(CC)CC.[Ir]. The second-order valence-corrected chi connectivity index (χ2v) is 14.1. The number of ketones is 1. The number of benzene rings is 3. The number of pyridine rings is 1. The molecule has 3 aromatic carbocycles. The van der Waals surface area contributed by atoms with Gasteiger partial charge in [-0.05, 0) is 61.1 Å². The molecule has 0 saturated carbocycles. The number of allylic oxidation sites excluding steroid dienone is 2. The molecule has 1 aliphatic rings. The molecular formula is C44H48IrNO4-. The molecule has 1 aliphatic carbocycles. The molecule has 1 radical (unpaired) electrons. The van der Waals surface area contributed by atoms with Crippen LogP contribution in [0.25, 0.3) is 55.6 Å². The van der Waals surface area contributed by atoms with Gasteiger partial charge in [0.2, 0.25) is 5.71 Å². The summed E-state index contributed by atoms with van der Waals surface area (Å²) in [6.07, 6.45) is 4.91. The number of aromatic nitrogens is 1. The summed E-state index contributed by atoms with van der Waals surface area (Å²) in [5.74, 6) is 1.94. The summed E-state index contributed by atoms with van der Waals surface area (Å²) >= 11 is 0. The van der Waals surface area contributed by atoms with Gasteiger partial charge in [-0.1, -0.05) is 97.4 Å². The van der Waals surface area contributed by atoms with Crippen LogP contribution < -0.4 is 0 Å². The third-order valence-corrected chi connectivity index (χ3v) is 10.5. The normalized spacial score (nSPS) is 13.5. The van der Waals surface area contributed by atoms with Crippen molar-refractivity contribution in [1.29, 1.82) is 0 Å². The van der Waals surface area contributed by atoms with Crippen LogP contribution in [-0.4, -0.2) is 15.9 Å². The van der Waals surface area contributed by atoms with Crippen molar-refractivity contribution >= 4 is 38.8 Å². The Kier molecular flexibility index (Phi) is 11.2. The number of hydrogen-bond donors (Lipinski definition) is 1. The van der Waals surface area contributed by atoms with E-state index in [0.29, 0.717) is 11.6 Å². The van der Waals surface area contributed by atoms with Gasteiger partial charge in [0.25, 0.3) is 0 Å². The number of furan rings is 2. The van der Waals surface area contributed by atoms with E-state index in [0.717, 1.165) is 70.2 Å². The Morgan fingerprint density at radius 1 is 0.860 bits per heavy atom. The number of carbonyl (C=O) groups excluding carboxylic acids is 1. The molecule has 3 heterocycles. The zero-order valence-corrected chi connectivity index (χ0v) is 32.8. The predicted molar refractivity (Wildman–Crippen MR) is 201 cm³/mol. The van der Waals surface area contributed by atoms with Crippen LogP contribution >= 0.6 is 0 Å². The molecule has 0 fully saturated rings. The Morgan fingerprint density at radius 2 is 1.54 bits per heavy atom. The molecule has 6 aromatic rings. The van der Waals surface area contributed by atoms with Gasteiger partial charge < -0.3 is 13.9 Å². The number of hydrogen-bond acceptors (Lipinski definition) is 5. The first kappa shape index (κ1) is 37.3. The van der Waals surface area contributed by atoms with Gasteiger partial charge in [-0.2, -0.15) is 0 Å². The van der Waals surface area contributed by atoms with E-state index in [1.807, 2.05) is 45.9 Å². The van der Waals surface area contributed by atoms with Gasteiger partial charge in [0.1, 0.15) is 11.2 Å².